The molecule has 0 spiro atoms. The van der Waals surface area contributed by atoms with Crippen LogP contribution < -0.4 is 4.74 Å². The Balaban J connectivity index is 1.93. The summed E-state index contributed by atoms with van der Waals surface area (Å²) in [4.78, 5) is 11.5. The summed E-state index contributed by atoms with van der Waals surface area (Å²) in [7, 11) is 0. The quantitative estimate of drug-likeness (QED) is 0.776. The van der Waals surface area contributed by atoms with Crippen molar-refractivity contribution >= 4 is 5.97 Å². The lowest BCUT2D eigenvalue weighted by molar-refractivity contribution is -0.152. The van der Waals surface area contributed by atoms with E-state index >= 15 is 0 Å². The second-order valence-corrected chi connectivity index (χ2v) is 5.03. The fourth-order valence-electron chi connectivity index (χ4n) is 2.30. The Morgan fingerprint density at radius 1 is 1.48 bits per heavy atom. The fraction of sp³-hybridized carbons (Fsp3) is 0.562. The third kappa shape index (κ3) is 4.72. The predicted molar refractivity (Wildman–Crippen MR) is 77.3 cm³/mol. The van der Waals surface area contributed by atoms with Crippen molar-refractivity contribution in [1.29, 1.82) is 0 Å². The molecule has 0 amide bonds. The van der Waals surface area contributed by atoms with E-state index in [9.17, 15) is 9.90 Å². The van der Waals surface area contributed by atoms with E-state index < -0.39 is 12.1 Å². The number of rotatable bonds is 7. The van der Waals surface area contributed by atoms with Gasteiger partial charge in [0.05, 0.1) is 12.7 Å². The Hall–Kier alpha value is -1.59. The number of carbonyl (C=O) groups excluding carboxylic acids is 1. The maximum atomic E-state index is 11.5. The number of esters is 1. The molecule has 21 heavy (non-hydrogen) atoms. The van der Waals surface area contributed by atoms with E-state index in [4.69, 9.17) is 14.2 Å². The summed E-state index contributed by atoms with van der Waals surface area (Å²) < 4.78 is 16.1. The molecule has 1 saturated heterocycles. The summed E-state index contributed by atoms with van der Waals surface area (Å²) in [5, 5.41) is 9.85. The van der Waals surface area contributed by atoms with Crippen LogP contribution in [0.1, 0.15) is 25.3 Å². The highest BCUT2D eigenvalue weighted by Crippen LogP contribution is 2.22. The number of hydrogen-bond donors (Lipinski definition) is 1. The van der Waals surface area contributed by atoms with Gasteiger partial charge < -0.3 is 19.3 Å². The molecule has 1 aromatic rings. The Kier molecular flexibility index (Phi) is 6.02. The molecular weight excluding hydrogens is 272 g/mol. The first-order chi connectivity index (χ1) is 10.2. The van der Waals surface area contributed by atoms with Gasteiger partial charge in [-0.15, -0.1) is 0 Å². The van der Waals surface area contributed by atoms with E-state index in [1.165, 1.54) is 0 Å². The van der Waals surface area contributed by atoms with E-state index in [0.29, 0.717) is 12.4 Å². The van der Waals surface area contributed by atoms with Crippen LogP contribution in [-0.2, 0) is 20.7 Å². The van der Waals surface area contributed by atoms with Crippen LogP contribution in [0.5, 0.6) is 5.75 Å². The van der Waals surface area contributed by atoms with Crippen molar-refractivity contribution in [2.45, 2.75) is 38.4 Å². The monoisotopic (exact) mass is 294 g/mol. The van der Waals surface area contributed by atoms with Crippen LogP contribution >= 0.6 is 0 Å². The lowest BCUT2D eigenvalue weighted by Crippen LogP contribution is -2.25. The van der Waals surface area contributed by atoms with Crippen molar-refractivity contribution in [3.63, 3.8) is 0 Å². The smallest absolute Gasteiger partial charge is 0.335 e. The van der Waals surface area contributed by atoms with Crippen LogP contribution in [0.2, 0.25) is 0 Å². The maximum Gasteiger partial charge on any atom is 0.335 e. The minimum atomic E-state index is -1.17. The van der Waals surface area contributed by atoms with Crippen LogP contribution in [0.3, 0.4) is 0 Å². The predicted octanol–water partition coefficient (Wildman–Crippen LogP) is 1.71. The van der Waals surface area contributed by atoms with Crippen molar-refractivity contribution in [2.75, 3.05) is 19.8 Å². The van der Waals surface area contributed by atoms with Crippen molar-refractivity contribution in [1.82, 2.24) is 0 Å². The second kappa shape index (κ2) is 8.00. The molecule has 0 aromatic heterocycles. The summed E-state index contributed by atoms with van der Waals surface area (Å²) in [6.45, 7) is 3.25. The van der Waals surface area contributed by atoms with Gasteiger partial charge in [0, 0.05) is 13.0 Å². The number of ether oxygens (including phenoxy) is 3. The van der Waals surface area contributed by atoms with Gasteiger partial charge in [-0.1, -0.05) is 18.2 Å². The van der Waals surface area contributed by atoms with Crippen LogP contribution in [0, 0.1) is 0 Å². The third-order valence-corrected chi connectivity index (χ3v) is 3.39. The van der Waals surface area contributed by atoms with Crippen LogP contribution in [0.4, 0.5) is 0 Å². The van der Waals surface area contributed by atoms with Crippen molar-refractivity contribution in [3.05, 3.63) is 29.8 Å². The summed E-state index contributed by atoms with van der Waals surface area (Å²) in [5.74, 6) is 0.0720. The Morgan fingerprint density at radius 2 is 2.29 bits per heavy atom. The van der Waals surface area contributed by atoms with Gasteiger partial charge in [-0.2, -0.15) is 0 Å². The topological polar surface area (TPSA) is 65.0 Å². The summed E-state index contributed by atoms with van der Waals surface area (Å²) in [5.41, 5.74) is 0.788. The van der Waals surface area contributed by atoms with E-state index in [2.05, 4.69) is 0 Å². The molecule has 116 valence electrons. The molecule has 0 aliphatic carbocycles. The molecule has 5 heteroatoms. The van der Waals surface area contributed by atoms with Gasteiger partial charge in [0.15, 0.2) is 6.10 Å². The first-order valence-electron chi connectivity index (χ1n) is 7.37. The second-order valence-electron chi connectivity index (χ2n) is 5.03. The number of para-hydroxylation sites is 1. The van der Waals surface area contributed by atoms with E-state index in [1.54, 1.807) is 6.92 Å². The highest BCUT2D eigenvalue weighted by molar-refractivity contribution is 5.74. The first kappa shape index (κ1) is 15.8. The van der Waals surface area contributed by atoms with Gasteiger partial charge in [0.25, 0.3) is 0 Å². The zero-order valence-electron chi connectivity index (χ0n) is 12.3. The SMILES string of the molecule is CCOC(=O)[C@H](O)Cc1ccccc1OC[C@@H]1CCCO1. The molecule has 1 aliphatic heterocycles. The lowest BCUT2D eigenvalue weighted by atomic mass is 10.1. The number of aliphatic hydroxyl groups is 1. The molecule has 1 aliphatic rings. The molecule has 1 aromatic carbocycles. The van der Waals surface area contributed by atoms with Crippen molar-refractivity contribution < 1.29 is 24.1 Å². The average molecular weight is 294 g/mol. The number of carbonyl (C=O) groups is 1. The minimum Gasteiger partial charge on any atom is -0.491 e. The highest BCUT2D eigenvalue weighted by Gasteiger charge is 2.20. The van der Waals surface area contributed by atoms with Gasteiger partial charge in [0.1, 0.15) is 12.4 Å². The van der Waals surface area contributed by atoms with E-state index in [1.807, 2.05) is 24.3 Å². The molecule has 0 unspecified atom stereocenters. The number of aliphatic hydroxyl groups excluding tert-OH is 1. The zero-order valence-corrected chi connectivity index (χ0v) is 12.3. The average Bonchev–Trinajstić information content (AvgIpc) is 3.00. The van der Waals surface area contributed by atoms with E-state index in [-0.39, 0.29) is 19.1 Å². The van der Waals surface area contributed by atoms with Gasteiger partial charge >= 0.3 is 5.97 Å². The molecule has 5 nitrogen and oxygen atoms in total. The Bertz CT molecular complexity index is 454. The normalized spacial score (nSPS) is 19.2. The third-order valence-electron chi connectivity index (χ3n) is 3.39. The van der Waals surface area contributed by atoms with Gasteiger partial charge in [-0.3, -0.25) is 0 Å². The zero-order chi connectivity index (χ0) is 15.1. The molecule has 0 bridgehead atoms. The summed E-state index contributed by atoms with van der Waals surface area (Å²) in [6.07, 6.45) is 1.22. The highest BCUT2D eigenvalue weighted by atomic mass is 16.5. The maximum absolute atomic E-state index is 11.5. The minimum absolute atomic E-state index is 0.132. The summed E-state index contributed by atoms with van der Waals surface area (Å²) in [6, 6.07) is 7.40. The molecule has 2 rings (SSSR count). The van der Waals surface area contributed by atoms with Crippen molar-refractivity contribution in [3.8, 4) is 5.75 Å². The largest absolute Gasteiger partial charge is 0.491 e. The molecule has 1 heterocycles. The molecule has 2 atom stereocenters. The van der Waals surface area contributed by atoms with Crippen LogP contribution in [0.25, 0.3) is 0 Å². The van der Waals surface area contributed by atoms with E-state index in [0.717, 1.165) is 25.0 Å². The molecule has 0 saturated carbocycles. The van der Waals surface area contributed by atoms with Crippen molar-refractivity contribution in [2.24, 2.45) is 0 Å². The van der Waals surface area contributed by atoms with Gasteiger partial charge in [0.2, 0.25) is 0 Å². The lowest BCUT2D eigenvalue weighted by Gasteiger charge is -2.16. The Morgan fingerprint density at radius 3 is 3.00 bits per heavy atom. The van der Waals surface area contributed by atoms with Gasteiger partial charge in [-0.05, 0) is 31.4 Å². The number of hydrogen-bond acceptors (Lipinski definition) is 5. The fourth-order valence-corrected chi connectivity index (χ4v) is 2.30. The molecule has 1 fully saturated rings. The molecule has 1 N–H and O–H groups in total. The van der Waals surface area contributed by atoms with Crippen LogP contribution in [-0.4, -0.2) is 43.1 Å². The molecule has 0 radical (unpaired) electrons. The van der Waals surface area contributed by atoms with Crippen LogP contribution in [0.15, 0.2) is 24.3 Å². The Labute approximate surface area is 124 Å². The number of benzene rings is 1. The standard InChI is InChI=1S/C16H22O5/c1-2-19-16(18)14(17)10-12-6-3-4-8-15(12)21-11-13-7-5-9-20-13/h3-4,6,8,13-14,17H,2,5,7,9-11H2,1H3/t13-,14+/m0/s1. The summed E-state index contributed by atoms with van der Waals surface area (Å²) >= 11 is 0. The molecular formula is C16H22O5. The first-order valence-corrected chi connectivity index (χ1v) is 7.37. The van der Waals surface area contributed by atoms with Gasteiger partial charge in [-0.25, -0.2) is 4.79 Å².